The van der Waals surface area contributed by atoms with Crippen molar-refractivity contribution in [1.82, 2.24) is 15.5 Å². The van der Waals surface area contributed by atoms with Crippen LogP contribution in [0.25, 0.3) is 0 Å². The Morgan fingerprint density at radius 1 is 1.03 bits per heavy atom. The van der Waals surface area contributed by atoms with Gasteiger partial charge in [-0.3, -0.25) is 9.59 Å². The van der Waals surface area contributed by atoms with Crippen LogP contribution < -0.4 is 10.6 Å². The maximum atomic E-state index is 13.5. The van der Waals surface area contributed by atoms with Crippen LogP contribution in [-0.2, 0) is 19.1 Å². The molecule has 0 saturated carbocycles. The molecule has 2 N–H and O–H groups in total. The van der Waals surface area contributed by atoms with Crippen molar-refractivity contribution in [2.75, 3.05) is 13.7 Å². The van der Waals surface area contributed by atoms with E-state index in [0.29, 0.717) is 31.4 Å². The number of esters is 1. The molecule has 0 fully saturated rings. The highest BCUT2D eigenvalue weighted by Gasteiger charge is 2.38. The lowest BCUT2D eigenvalue weighted by molar-refractivity contribution is -0.140. The summed E-state index contributed by atoms with van der Waals surface area (Å²) < 4.78 is 5.09. The second-order valence-electron chi connectivity index (χ2n) is 9.31. The minimum atomic E-state index is -0.710. The Hall–Kier alpha value is -1.89. The van der Waals surface area contributed by atoms with Crippen molar-refractivity contribution >= 4 is 17.8 Å². The van der Waals surface area contributed by atoms with Crippen LogP contribution in [0.4, 0.5) is 0 Å². The van der Waals surface area contributed by atoms with Crippen LogP contribution in [0.1, 0.15) is 94.4 Å². The van der Waals surface area contributed by atoms with Crippen molar-refractivity contribution in [2.45, 2.75) is 118 Å². The van der Waals surface area contributed by atoms with Gasteiger partial charge in [-0.2, -0.15) is 0 Å². The fourth-order valence-corrected chi connectivity index (χ4v) is 3.97. The van der Waals surface area contributed by atoms with Gasteiger partial charge in [-0.1, -0.05) is 54.0 Å². The molecule has 2 unspecified atom stereocenters. The topological polar surface area (TPSA) is 87.7 Å². The average molecular weight is 468 g/mol. The minimum Gasteiger partial charge on any atom is -0.463 e. The van der Waals surface area contributed by atoms with Gasteiger partial charge >= 0.3 is 5.97 Å². The second kappa shape index (κ2) is 15.1. The fraction of sp³-hybridized carbons (Fsp3) is 0.808. The van der Waals surface area contributed by atoms with Gasteiger partial charge in [0.2, 0.25) is 11.8 Å². The van der Waals surface area contributed by atoms with Crippen molar-refractivity contribution in [3.63, 3.8) is 0 Å². The third-order valence-electron chi connectivity index (χ3n) is 6.45. The Labute approximate surface area is 202 Å². The molecule has 192 valence electrons. The first kappa shape index (κ1) is 31.1. The summed E-state index contributed by atoms with van der Waals surface area (Å²) in [5.41, 5.74) is -0.238. The molecule has 0 aromatic carbocycles. The van der Waals surface area contributed by atoms with Gasteiger partial charge in [0.25, 0.3) is 0 Å². The predicted octanol–water partition coefficient (Wildman–Crippen LogP) is 4.21. The SMILES string of the molecule is CCCC(NC(=O)C(CC)(CC)NC(C)CC)C(=O)N(C)[C@H](/C=C(\C)C(=O)OCC)C(C)C. The van der Waals surface area contributed by atoms with Gasteiger partial charge in [0.15, 0.2) is 0 Å². The largest absolute Gasteiger partial charge is 0.463 e. The Kier molecular flexibility index (Phi) is 14.2. The summed E-state index contributed by atoms with van der Waals surface area (Å²) in [5, 5.41) is 6.54. The molecule has 0 rings (SSSR count). The highest BCUT2D eigenvalue weighted by atomic mass is 16.5. The van der Waals surface area contributed by atoms with Crippen LogP contribution in [0, 0.1) is 5.92 Å². The fourth-order valence-electron chi connectivity index (χ4n) is 3.97. The zero-order chi connectivity index (χ0) is 25.8. The Bertz CT molecular complexity index is 656. The molecule has 0 aliphatic carbocycles. The third kappa shape index (κ3) is 9.11. The zero-order valence-corrected chi connectivity index (χ0v) is 22.7. The summed E-state index contributed by atoms with van der Waals surface area (Å²) in [6, 6.07) is -0.722. The molecule has 33 heavy (non-hydrogen) atoms. The van der Waals surface area contributed by atoms with E-state index in [1.807, 2.05) is 34.6 Å². The Balaban J connectivity index is 5.82. The molecular weight excluding hydrogens is 418 g/mol. The molecule has 7 heteroatoms. The number of rotatable bonds is 15. The summed E-state index contributed by atoms with van der Waals surface area (Å²) in [4.78, 5) is 40.7. The lowest BCUT2D eigenvalue weighted by atomic mass is 9.89. The van der Waals surface area contributed by atoms with Crippen molar-refractivity contribution in [2.24, 2.45) is 5.92 Å². The van der Waals surface area contributed by atoms with Crippen LogP contribution in [0.3, 0.4) is 0 Å². The van der Waals surface area contributed by atoms with Crippen LogP contribution in [0.15, 0.2) is 11.6 Å². The number of ether oxygens (including phenoxy) is 1. The molecule has 0 bridgehead atoms. The predicted molar refractivity (Wildman–Crippen MR) is 135 cm³/mol. The second-order valence-corrected chi connectivity index (χ2v) is 9.31. The summed E-state index contributed by atoms with van der Waals surface area (Å²) in [6.45, 7) is 17.9. The van der Waals surface area contributed by atoms with E-state index in [-0.39, 0.29) is 35.8 Å². The quantitative estimate of drug-likeness (QED) is 0.278. The van der Waals surface area contributed by atoms with Crippen molar-refractivity contribution in [3.05, 3.63) is 11.6 Å². The van der Waals surface area contributed by atoms with Crippen molar-refractivity contribution < 1.29 is 19.1 Å². The van der Waals surface area contributed by atoms with Gasteiger partial charge in [0, 0.05) is 18.7 Å². The molecule has 0 spiro atoms. The van der Waals surface area contributed by atoms with E-state index < -0.39 is 11.6 Å². The summed E-state index contributed by atoms with van der Waals surface area (Å²) in [6.07, 6.45) is 5.29. The van der Waals surface area contributed by atoms with E-state index in [0.717, 1.165) is 12.8 Å². The molecule has 2 amide bonds. The first-order valence-corrected chi connectivity index (χ1v) is 12.6. The van der Waals surface area contributed by atoms with Crippen LogP contribution in [0.2, 0.25) is 0 Å². The smallest absolute Gasteiger partial charge is 0.333 e. The van der Waals surface area contributed by atoms with Gasteiger partial charge in [-0.15, -0.1) is 0 Å². The number of amides is 2. The van der Waals surface area contributed by atoms with E-state index >= 15 is 0 Å². The standard InChI is InChI=1S/C26H49N3O4/c1-11-16-21(27-25(32)26(13-3,14-4)28-20(9)12-2)23(30)29(10)22(18(6)7)17-19(8)24(31)33-15-5/h17-18,20-22,28H,11-16H2,1-10H3,(H,27,32)/b19-17+/t20?,21?,22-/m1/s1. The van der Waals surface area contributed by atoms with Crippen molar-refractivity contribution in [1.29, 1.82) is 0 Å². The summed E-state index contributed by atoms with van der Waals surface area (Å²) in [5.74, 6) is -0.582. The third-order valence-corrected chi connectivity index (χ3v) is 6.45. The molecule has 0 aliphatic heterocycles. The lowest BCUT2D eigenvalue weighted by Crippen LogP contribution is -2.62. The highest BCUT2D eigenvalue weighted by molar-refractivity contribution is 5.92. The first-order valence-electron chi connectivity index (χ1n) is 12.6. The molecule has 3 atom stereocenters. The van der Waals surface area contributed by atoms with Crippen LogP contribution in [-0.4, -0.2) is 60.0 Å². The van der Waals surface area contributed by atoms with E-state index in [1.165, 1.54) is 0 Å². The number of carbonyl (C=O) groups excluding carboxylic acids is 3. The number of hydrogen-bond acceptors (Lipinski definition) is 5. The molecular formula is C26H49N3O4. The van der Waals surface area contributed by atoms with Gasteiger partial charge < -0.3 is 20.3 Å². The summed E-state index contributed by atoms with van der Waals surface area (Å²) >= 11 is 0. The molecule has 0 aliphatic rings. The van der Waals surface area contributed by atoms with Crippen molar-refractivity contribution in [3.8, 4) is 0 Å². The van der Waals surface area contributed by atoms with E-state index in [4.69, 9.17) is 4.74 Å². The number of nitrogens with zero attached hydrogens (tertiary/aromatic N) is 1. The number of likely N-dealkylation sites (N-methyl/N-ethyl adjacent to an activating group) is 1. The molecule has 0 aromatic heterocycles. The number of carbonyl (C=O) groups is 3. The molecule has 7 nitrogen and oxygen atoms in total. The molecule has 0 aromatic rings. The first-order chi connectivity index (χ1) is 15.4. The van der Waals surface area contributed by atoms with E-state index in [2.05, 4.69) is 24.5 Å². The van der Waals surface area contributed by atoms with Gasteiger partial charge in [-0.05, 0) is 52.4 Å². The molecule has 0 saturated heterocycles. The summed E-state index contributed by atoms with van der Waals surface area (Å²) in [7, 11) is 1.74. The van der Waals surface area contributed by atoms with Gasteiger partial charge in [0.05, 0.1) is 18.2 Å². The van der Waals surface area contributed by atoms with Gasteiger partial charge in [-0.25, -0.2) is 4.79 Å². The van der Waals surface area contributed by atoms with E-state index in [1.54, 1.807) is 31.9 Å². The van der Waals surface area contributed by atoms with Gasteiger partial charge in [0.1, 0.15) is 6.04 Å². The van der Waals surface area contributed by atoms with Crippen LogP contribution in [0.5, 0.6) is 0 Å². The lowest BCUT2D eigenvalue weighted by Gasteiger charge is -2.37. The Morgan fingerprint density at radius 2 is 1.61 bits per heavy atom. The maximum Gasteiger partial charge on any atom is 0.333 e. The minimum absolute atomic E-state index is 0.0822. The highest BCUT2D eigenvalue weighted by Crippen LogP contribution is 2.20. The monoisotopic (exact) mass is 467 g/mol. The Morgan fingerprint density at radius 3 is 2.03 bits per heavy atom. The normalized spacial score (nSPS) is 15.1. The van der Waals surface area contributed by atoms with E-state index in [9.17, 15) is 14.4 Å². The molecule has 0 heterocycles. The zero-order valence-electron chi connectivity index (χ0n) is 22.7. The average Bonchev–Trinajstić information content (AvgIpc) is 2.79. The van der Waals surface area contributed by atoms with Crippen LogP contribution >= 0.6 is 0 Å². The number of hydrogen-bond donors (Lipinski definition) is 2. The number of nitrogens with one attached hydrogen (secondary N) is 2. The maximum absolute atomic E-state index is 13.5. The molecule has 0 radical (unpaired) electrons.